The maximum absolute atomic E-state index is 13.6. The Bertz CT molecular complexity index is 522. The number of nitro groups is 1. The summed E-state index contributed by atoms with van der Waals surface area (Å²) in [7, 11) is 1.34. The molecule has 2 N–H and O–H groups in total. The molecule has 2 unspecified atom stereocenters. The molecule has 0 radical (unpaired) electrons. The number of benzene rings is 1. The first kappa shape index (κ1) is 14.5. The van der Waals surface area contributed by atoms with E-state index in [0.717, 1.165) is 12.5 Å². The Labute approximate surface area is 116 Å². The van der Waals surface area contributed by atoms with E-state index in [1.54, 1.807) is 0 Å². The SMILES string of the molecule is COc1cc(N2CCC(C(C)N)C2)c([N+](=O)[O-])cc1F. The molecule has 0 amide bonds. The van der Waals surface area contributed by atoms with Gasteiger partial charge in [-0.1, -0.05) is 0 Å². The molecule has 1 aromatic carbocycles. The molecule has 110 valence electrons. The lowest BCUT2D eigenvalue weighted by molar-refractivity contribution is -0.384. The molecule has 0 aliphatic carbocycles. The van der Waals surface area contributed by atoms with Crippen LogP contribution in [0.25, 0.3) is 0 Å². The summed E-state index contributed by atoms with van der Waals surface area (Å²) in [4.78, 5) is 12.4. The average Bonchev–Trinajstić information content (AvgIpc) is 2.87. The maximum Gasteiger partial charge on any atom is 0.295 e. The van der Waals surface area contributed by atoms with Crippen molar-refractivity contribution in [2.75, 3.05) is 25.1 Å². The number of hydrogen-bond donors (Lipinski definition) is 1. The van der Waals surface area contributed by atoms with Gasteiger partial charge in [-0.15, -0.1) is 0 Å². The quantitative estimate of drug-likeness (QED) is 0.674. The normalized spacial score (nSPS) is 20.0. The Morgan fingerprint density at radius 1 is 1.60 bits per heavy atom. The van der Waals surface area contributed by atoms with Crippen LogP contribution >= 0.6 is 0 Å². The first-order valence-electron chi connectivity index (χ1n) is 6.46. The van der Waals surface area contributed by atoms with E-state index in [-0.39, 0.29) is 23.4 Å². The van der Waals surface area contributed by atoms with Gasteiger partial charge in [0, 0.05) is 25.2 Å². The van der Waals surface area contributed by atoms with Gasteiger partial charge >= 0.3 is 0 Å². The average molecular weight is 283 g/mol. The molecule has 2 atom stereocenters. The monoisotopic (exact) mass is 283 g/mol. The van der Waals surface area contributed by atoms with E-state index in [0.29, 0.717) is 18.8 Å². The first-order valence-corrected chi connectivity index (χ1v) is 6.46. The molecule has 2 rings (SSSR count). The molecule has 0 bridgehead atoms. The van der Waals surface area contributed by atoms with Crippen molar-refractivity contribution in [2.24, 2.45) is 11.7 Å². The van der Waals surface area contributed by atoms with Crippen LogP contribution in [-0.4, -0.2) is 31.2 Å². The fourth-order valence-electron chi connectivity index (χ4n) is 2.52. The van der Waals surface area contributed by atoms with Crippen LogP contribution in [0.15, 0.2) is 12.1 Å². The molecule has 1 fully saturated rings. The van der Waals surface area contributed by atoms with E-state index in [4.69, 9.17) is 10.5 Å². The standard InChI is InChI=1S/C13H18FN3O3/c1-8(15)9-3-4-16(7-9)11-6-13(20-2)10(14)5-12(11)17(18)19/h5-6,8-9H,3-4,7,15H2,1-2H3. The van der Waals surface area contributed by atoms with Gasteiger partial charge in [0.05, 0.1) is 18.1 Å². The molecule has 1 aromatic rings. The first-order chi connectivity index (χ1) is 9.43. The van der Waals surface area contributed by atoms with Gasteiger partial charge in [0.2, 0.25) is 0 Å². The number of anilines is 1. The Morgan fingerprint density at radius 2 is 2.30 bits per heavy atom. The van der Waals surface area contributed by atoms with Crippen LogP contribution in [0.3, 0.4) is 0 Å². The largest absolute Gasteiger partial charge is 0.494 e. The minimum atomic E-state index is -0.731. The van der Waals surface area contributed by atoms with Gasteiger partial charge in [-0.2, -0.15) is 0 Å². The van der Waals surface area contributed by atoms with Gasteiger partial charge in [-0.05, 0) is 19.3 Å². The van der Waals surface area contributed by atoms with Gasteiger partial charge in [-0.25, -0.2) is 4.39 Å². The molecular formula is C13H18FN3O3. The van der Waals surface area contributed by atoms with Crippen molar-refractivity contribution < 1.29 is 14.1 Å². The Kier molecular flexibility index (Phi) is 4.08. The van der Waals surface area contributed by atoms with Crippen LogP contribution in [0.4, 0.5) is 15.8 Å². The van der Waals surface area contributed by atoms with Crippen LogP contribution in [0.1, 0.15) is 13.3 Å². The third-order valence-electron chi connectivity index (χ3n) is 3.75. The van der Waals surface area contributed by atoms with E-state index in [2.05, 4.69) is 0 Å². The predicted molar refractivity (Wildman–Crippen MR) is 73.6 cm³/mol. The van der Waals surface area contributed by atoms with Crippen LogP contribution in [0.2, 0.25) is 0 Å². The summed E-state index contributed by atoms with van der Waals surface area (Å²) in [5.41, 5.74) is 6.01. The van der Waals surface area contributed by atoms with E-state index in [1.807, 2.05) is 11.8 Å². The van der Waals surface area contributed by atoms with Crippen molar-refractivity contribution in [3.63, 3.8) is 0 Å². The number of nitrogens with two attached hydrogens (primary N) is 1. The fourth-order valence-corrected chi connectivity index (χ4v) is 2.52. The van der Waals surface area contributed by atoms with Crippen LogP contribution in [0, 0.1) is 21.8 Å². The van der Waals surface area contributed by atoms with Gasteiger partial charge in [-0.3, -0.25) is 10.1 Å². The molecule has 1 heterocycles. The summed E-state index contributed by atoms with van der Waals surface area (Å²) in [6.07, 6.45) is 0.870. The lowest BCUT2D eigenvalue weighted by Crippen LogP contribution is -2.30. The molecule has 20 heavy (non-hydrogen) atoms. The van der Waals surface area contributed by atoms with Gasteiger partial charge in [0.1, 0.15) is 5.69 Å². The van der Waals surface area contributed by atoms with E-state index in [9.17, 15) is 14.5 Å². The zero-order valence-electron chi connectivity index (χ0n) is 11.5. The third kappa shape index (κ3) is 2.67. The van der Waals surface area contributed by atoms with Crippen molar-refractivity contribution in [3.05, 3.63) is 28.1 Å². The molecule has 0 saturated carbocycles. The summed E-state index contributed by atoms with van der Waals surface area (Å²) in [6, 6.07) is 2.33. The molecule has 6 nitrogen and oxygen atoms in total. The molecule has 1 aliphatic rings. The second kappa shape index (κ2) is 5.62. The van der Waals surface area contributed by atoms with Crippen molar-refractivity contribution >= 4 is 11.4 Å². The van der Waals surface area contributed by atoms with Crippen molar-refractivity contribution in [3.8, 4) is 5.75 Å². The highest BCUT2D eigenvalue weighted by Crippen LogP contribution is 2.37. The second-order valence-corrected chi connectivity index (χ2v) is 5.09. The molecule has 1 saturated heterocycles. The van der Waals surface area contributed by atoms with Crippen LogP contribution in [0.5, 0.6) is 5.75 Å². The Balaban J connectivity index is 2.37. The molecule has 0 aromatic heterocycles. The number of halogens is 1. The fraction of sp³-hybridized carbons (Fsp3) is 0.538. The predicted octanol–water partition coefficient (Wildman–Crippen LogP) is 1.92. The van der Waals surface area contributed by atoms with Crippen LogP contribution < -0.4 is 15.4 Å². The molecule has 0 spiro atoms. The van der Waals surface area contributed by atoms with Crippen LogP contribution in [-0.2, 0) is 0 Å². The summed E-state index contributed by atoms with van der Waals surface area (Å²) in [6.45, 7) is 3.23. The lowest BCUT2D eigenvalue weighted by Gasteiger charge is -2.20. The third-order valence-corrected chi connectivity index (χ3v) is 3.75. The summed E-state index contributed by atoms with van der Waals surface area (Å²) >= 11 is 0. The summed E-state index contributed by atoms with van der Waals surface area (Å²) in [5, 5.41) is 11.1. The van der Waals surface area contributed by atoms with Gasteiger partial charge in [0.15, 0.2) is 11.6 Å². The van der Waals surface area contributed by atoms with Gasteiger partial charge in [0.25, 0.3) is 5.69 Å². The van der Waals surface area contributed by atoms with E-state index in [1.165, 1.54) is 13.2 Å². The van der Waals surface area contributed by atoms with Crippen molar-refractivity contribution in [2.45, 2.75) is 19.4 Å². The minimum Gasteiger partial charge on any atom is -0.494 e. The number of hydrogen-bond acceptors (Lipinski definition) is 5. The Morgan fingerprint density at radius 3 is 2.80 bits per heavy atom. The molecule has 1 aliphatic heterocycles. The molecular weight excluding hydrogens is 265 g/mol. The number of rotatable bonds is 4. The molecule has 7 heteroatoms. The Hall–Kier alpha value is -1.89. The zero-order chi connectivity index (χ0) is 14.9. The van der Waals surface area contributed by atoms with E-state index >= 15 is 0 Å². The zero-order valence-corrected chi connectivity index (χ0v) is 11.5. The lowest BCUT2D eigenvalue weighted by atomic mass is 10.0. The number of nitrogens with zero attached hydrogens (tertiary/aromatic N) is 2. The highest BCUT2D eigenvalue weighted by molar-refractivity contribution is 5.66. The number of nitro benzene ring substituents is 1. The summed E-state index contributed by atoms with van der Waals surface area (Å²) in [5.74, 6) is -0.439. The second-order valence-electron chi connectivity index (χ2n) is 5.09. The number of methoxy groups -OCH3 is 1. The van der Waals surface area contributed by atoms with Gasteiger partial charge < -0.3 is 15.4 Å². The summed E-state index contributed by atoms with van der Waals surface area (Å²) < 4.78 is 18.5. The minimum absolute atomic E-state index is 0.00912. The highest BCUT2D eigenvalue weighted by atomic mass is 19.1. The van der Waals surface area contributed by atoms with E-state index < -0.39 is 10.7 Å². The smallest absolute Gasteiger partial charge is 0.295 e. The topological polar surface area (TPSA) is 81.6 Å². The number of ether oxygens (including phenoxy) is 1. The maximum atomic E-state index is 13.6. The van der Waals surface area contributed by atoms with Crippen molar-refractivity contribution in [1.82, 2.24) is 0 Å². The highest BCUT2D eigenvalue weighted by Gasteiger charge is 2.30. The van der Waals surface area contributed by atoms with Crippen molar-refractivity contribution in [1.29, 1.82) is 0 Å².